The normalized spacial score (nSPS) is 10.4. The number of hydrogen-bond acceptors (Lipinski definition) is 7. The van der Waals surface area contributed by atoms with Crippen molar-refractivity contribution < 1.29 is 9.53 Å². The van der Waals surface area contributed by atoms with Gasteiger partial charge >= 0.3 is 0 Å². The number of halogens is 2. The van der Waals surface area contributed by atoms with Crippen molar-refractivity contribution in [2.45, 2.75) is 13.8 Å². The molecule has 3 aromatic rings. The van der Waals surface area contributed by atoms with Gasteiger partial charge < -0.3 is 15.8 Å². The van der Waals surface area contributed by atoms with Crippen molar-refractivity contribution in [2.75, 3.05) is 23.1 Å². The van der Waals surface area contributed by atoms with Crippen LogP contribution in [0.15, 0.2) is 42.7 Å². The molecule has 5 N–H and O–H groups in total. The summed E-state index contributed by atoms with van der Waals surface area (Å²) in [5, 5.41) is 3.97. The molecule has 8 nitrogen and oxygen atoms in total. The quantitative estimate of drug-likeness (QED) is 0.401. The highest BCUT2D eigenvalue weighted by Crippen LogP contribution is 2.28. The van der Waals surface area contributed by atoms with E-state index in [1.807, 2.05) is 32.0 Å². The maximum absolute atomic E-state index is 12.1. The van der Waals surface area contributed by atoms with Gasteiger partial charge in [-0.1, -0.05) is 35.3 Å². The van der Waals surface area contributed by atoms with Gasteiger partial charge in [0.2, 0.25) is 0 Å². The van der Waals surface area contributed by atoms with Crippen LogP contribution >= 0.6 is 23.2 Å². The Kier molecular flexibility index (Phi) is 6.81. The molecule has 0 bridgehead atoms. The molecular formula is C20H20Cl2N6O2. The third-order valence-corrected chi connectivity index (χ3v) is 4.85. The van der Waals surface area contributed by atoms with Crippen LogP contribution in [0.2, 0.25) is 10.0 Å². The van der Waals surface area contributed by atoms with Gasteiger partial charge in [-0.25, -0.2) is 9.97 Å². The number of amides is 1. The van der Waals surface area contributed by atoms with E-state index in [9.17, 15) is 4.79 Å². The van der Waals surface area contributed by atoms with Crippen molar-refractivity contribution in [2.24, 2.45) is 0 Å². The van der Waals surface area contributed by atoms with E-state index >= 15 is 0 Å². The topological polar surface area (TPSA) is 114 Å². The number of aromatic nitrogens is 2. The first kappa shape index (κ1) is 21.5. The number of nitrogen functional groups attached to an aromatic ring is 1. The van der Waals surface area contributed by atoms with Gasteiger partial charge in [-0.2, -0.15) is 0 Å². The fourth-order valence-corrected chi connectivity index (χ4v) is 2.97. The SMILES string of the molecule is Cc1cccc(Nc2ncnc(NNC(=O)COc3ccc(Cl)cc3Cl)c2N)c1C. The summed E-state index contributed by atoms with van der Waals surface area (Å²) in [6.07, 6.45) is 1.34. The third kappa shape index (κ3) is 5.22. The summed E-state index contributed by atoms with van der Waals surface area (Å²) in [6, 6.07) is 10.6. The van der Waals surface area contributed by atoms with Crippen molar-refractivity contribution in [3.63, 3.8) is 0 Å². The standard InChI is InChI=1S/C20H20Cl2N6O2/c1-11-4-3-5-15(12(11)2)26-19-18(23)20(25-10-24-19)28-27-17(29)9-30-16-7-6-13(21)8-14(16)22/h3-8,10H,9,23H2,1-2H3,(H,27,29)(H2,24,25,26,28). The Bertz CT molecular complexity index is 1080. The zero-order chi connectivity index (χ0) is 21.7. The van der Waals surface area contributed by atoms with Crippen LogP contribution in [-0.2, 0) is 4.79 Å². The molecular weight excluding hydrogens is 427 g/mol. The zero-order valence-electron chi connectivity index (χ0n) is 16.3. The number of rotatable bonds is 7. The van der Waals surface area contributed by atoms with E-state index in [2.05, 4.69) is 26.1 Å². The molecule has 30 heavy (non-hydrogen) atoms. The van der Waals surface area contributed by atoms with E-state index in [0.717, 1.165) is 16.8 Å². The summed E-state index contributed by atoms with van der Waals surface area (Å²) in [6.45, 7) is 3.75. The Balaban J connectivity index is 1.61. The fraction of sp³-hybridized carbons (Fsp3) is 0.150. The predicted molar refractivity (Wildman–Crippen MR) is 119 cm³/mol. The second-order valence-corrected chi connectivity index (χ2v) is 7.24. The second-order valence-electron chi connectivity index (χ2n) is 6.39. The number of nitrogens with one attached hydrogen (secondary N) is 3. The molecule has 1 aromatic heterocycles. The smallest absolute Gasteiger partial charge is 0.276 e. The van der Waals surface area contributed by atoms with Crippen molar-refractivity contribution in [1.82, 2.24) is 15.4 Å². The van der Waals surface area contributed by atoms with Crippen LogP contribution < -0.4 is 26.6 Å². The molecule has 156 valence electrons. The van der Waals surface area contributed by atoms with Crippen molar-refractivity contribution in [3.05, 3.63) is 63.9 Å². The number of carbonyl (C=O) groups is 1. The summed E-state index contributed by atoms with van der Waals surface area (Å²) >= 11 is 11.8. The van der Waals surface area contributed by atoms with Gasteiger partial charge in [0, 0.05) is 10.7 Å². The number of hydrazine groups is 1. The number of hydrogen-bond donors (Lipinski definition) is 4. The molecule has 1 amide bonds. The second kappa shape index (κ2) is 9.51. The molecule has 0 saturated carbocycles. The minimum Gasteiger partial charge on any atom is -0.482 e. The molecule has 2 aromatic carbocycles. The van der Waals surface area contributed by atoms with Crippen molar-refractivity contribution in [1.29, 1.82) is 0 Å². The molecule has 0 aliphatic carbocycles. The fourth-order valence-electron chi connectivity index (χ4n) is 2.51. The Morgan fingerprint density at radius 1 is 1.13 bits per heavy atom. The largest absolute Gasteiger partial charge is 0.482 e. The van der Waals surface area contributed by atoms with Crippen LogP contribution in [0, 0.1) is 13.8 Å². The molecule has 0 fully saturated rings. The first-order valence-electron chi connectivity index (χ1n) is 8.91. The predicted octanol–water partition coefficient (Wildman–Crippen LogP) is 4.25. The Morgan fingerprint density at radius 2 is 1.90 bits per heavy atom. The van der Waals surface area contributed by atoms with Crippen molar-refractivity contribution >= 4 is 52.1 Å². The molecule has 1 heterocycles. The molecule has 0 saturated heterocycles. The van der Waals surface area contributed by atoms with E-state index in [1.165, 1.54) is 12.4 Å². The molecule has 0 aliphatic heterocycles. The molecule has 0 aliphatic rings. The summed E-state index contributed by atoms with van der Waals surface area (Å²) < 4.78 is 5.38. The molecule has 10 heteroatoms. The van der Waals surface area contributed by atoms with Gasteiger partial charge in [-0.15, -0.1) is 0 Å². The van der Waals surface area contributed by atoms with Gasteiger partial charge in [0.1, 0.15) is 17.8 Å². The molecule has 0 atom stereocenters. The van der Waals surface area contributed by atoms with E-state index < -0.39 is 5.91 Å². The van der Waals surface area contributed by atoms with E-state index in [1.54, 1.807) is 12.1 Å². The van der Waals surface area contributed by atoms with Crippen molar-refractivity contribution in [3.8, 4) is 5.75 Å². The maximum Gasteiger partial charge on any atom is 0.276 e. The van der Waals surface area contributed by atoms with Crippen LogP contribution in [-0.4, -0.2) is 22.5 Å². The minimum atomic E-state index is -0.455. The number of aryl methyl sites for hydroxylation is 1. The Hall–Kier alpha value is -3.23. The van der Waals surface area contributed by atoms with Gasteiger partial charge in [0.05, 0.1) is 5.02 Å². The van der Waals surface area contributed by atoms with Crippen LogP contribution in [0.5, 0.6) is 5.75 Å². The summed E-state index contributed by atoms with van der Waals surface area (Å²) in [7, 11) is 0. The number of nitrogens with zero attached hydrogens (tertiary/aromatic N) is 2. The summed E-state index contributed by atoms with van der Waals surface area (Å²) in [5.41, 5.74) is 14.6. The van der Waals surface area contributed by atoms with Crippen LogP contribution in [0.25, 0.3) is 0 Å². The number of nitrogens with two attached hydrogens (primary N) is 1. The van der Waals surface area contributed by atoms with Gasteiger partial charge in [0.15, 0.2) is 18.2 Å². The lowest BCUT2D eigenvalue weighted by atomic mass is 10.1. The highest BCUT2D eigenvalue weighted by atomic mass is 35.5. The minimum absolute atomic E-state index is 0.246. The average molecular weight is 447 g/mol. The average Bonchev–Trinajstić information content (AvgIpc) is 2.71. The first-order chi connectivity index (χ1) is 14.3. The highest BCUT2D eigenvalue weighted by Gasteiger charge is 2.12. The summed E-state index contributed by atoms with van der Waals surface area (Å²) in [5.74, 6) is 0.552. The first-order valence-corrected chi connectivity index (χ1v) is 9.67. The van der Waals surface area contributed by atoms with Gasteiger partial charge in [-0.3, -0.25) is 15.6 Å². The lowest BCUT2D eigenvalue weighted by Gasteiger charge is -2.15. The third-order valence-electron chi connectivity index (χ3n) is 4.31. The Morgan fingerprint density at radius 3 is 2.67 bits per heavy atom. The monoisotopic (exact) mass is 446 g/mol. The highest BCUT2D eigenvalue weighted by molar-refractivity contribution is 6.35. The van der Waals surface area contributed by atoms with E-state index in [-0.39, 0.29) is 18.1 Å². The molecule has 0 unspecified atom stereocenters. The lowest BCUT2D eigenvalue weighted by molar-refractivity contribution is -0.122. The Labute approximate surface area is 183 Å². The summed E-state index contributed by atoms with van der Waals surface area (Å²) in [4.78, 5) is 20.3. The number of ether oxygens (including phenoxy) is 1. The zero-order valence-corrected chi connectivity index (χ0v) is 17.8. The van der Waals surface area contributed by atoms with Crippen LogP contribution in [0.3, 0.4) is 0 Å². The molecule has 0 spiro atoms. The van der Waals surface area contributed by atoms with Crippen LogP contribution in [0.4, 0.5) is 23.0 Å². The van der Waals surface area contributed by atoms with E-state index in [0.29, 0.717) is 21.6 Å². The maximum atomic E-state index is 12.1. The molecule has 3 rings (SSSR count). The number of anilines is 4. The number of carbonyl (C=O) groups excluding carboxylic acids is 1. The van der Waals surface area contributed by atoms with Crippen LogP contribution in [0.1, 0.15) is 11.1 Å². The molecule has 0 radical (unpaired) electrons. The van der Waals surface area contributed by atoms with Gasteiger partial charge in [-0.05, 0) is 49.2 Å². The van der Waals surface area contributed by atoms with E-state index in [4.69, 9.17) is 33.7 Å². The lowest BCUT2D eigenvalue weighted by Crippen LogP contribution is -2.34. The van der Waals surface area contributed by atoms with Gasteiger partial charge in [0.25, 0.3) is 5.91 Å². The number of benzene rings is 2.